The Balaban J connectivity index is 1.49. The van der Waals surface area contributed by atoms with Crippen LogP contribution >= 0.6 is 0 Å². The molecule has 4 heteroatoms. The third-order valence-electron chi connectivity index (χ3n) is 7.44. The van der Waals surface area contributed by atoms with E-state index in [4.69, 9.17) is 4.65 Å². The normalized spacial score (nSPS) is 11.6. The van der Waals surface area contributed by atoms with Crippen molar-refractivity contribution in [3.63, 3.8) is 0 Å². The highest BCUT2D eigenvalue weighted by Crippen LogP contribution is 2.36. The van der Waals surface area contributed by atoms with Crippen LogP contribution in [0.2, 0.25) is 0 Å². The first-order valence-electron chi connectivity index (χ1n) is 12.5. The van der Waals surface area contributed by atoms with Gasteiger partial charge in [0.15, 0.2) is 0 Å². The first-order chi connectivity index (χ1) is 18.3. The van der Waals surface area contributed by atoms with E-state index in [-0.39, 0.29) is 0 Å². The predicted octanol–water partition coefficient (Wildman–Crippen LogP) is 7.09. The first kappa shape index (κ1) is 21.9. The van der Waals surface area contributed by atoms with E-state index in [1.54, 1.807) is 7.11 Å². The molecule has 176 valence electrons. The van der Waals surface area contributed by atoms with E-state index in [0.717, 1.165) is 43.8 Å². The molecule has 6 aromatic carbocycles. The fourth-order valence-electron chi connectivity index (χ4n) is 5.83. The third-order valence-corrected chi connectivity index (χ3v) is 7.44. The van der Waals surface area contributed by atoms with E-state index in [1.165, 1.54) is 21.8 Å². The monoisotopic (exact) mass is 477 g/mol. The highest BCUT2D eigenvalue weighted by Gasteiger charge is 2.25. The number of rotatable bonds is 4. The Morgan fingerprint density at radius 1 is 0.541 bits per heavy atom. The molecule has 0 aliphatic rings. The highest BCUT2D eigenvalue weighted by molar-refractivity contribution is 6.66. The number of nitrogens with zero attached hydrogens (tertiary/aromatic N) is 1. The van der Waals surface area contributed by atoms with E-state index in [1.807, 2.05) is 12.1 Å². The SMILES string of the molecule is COB(O)c1c(-c2ccc(-n3c4ccccc4c4ccccc43)cc2)c2ccccc2c2ccccc12. The van der Waals surface area contributed by atoms with Gasteiger partial charge in [0.2, 0.25) is 0 Å². The van der Waals surface area contributed by atoms with Crippen LogP contribution in [0.5, 0.6) is 0 Å². The fourth-order valence-corrected chi connectivity index (χ4v) is 5.83. The lowest BCUT2D eigenvalue weighted by Crippen LogP contribution is -2.35. The van der Waals surface area contributed by atoms with Crippen molar-refractivity contribution in [2.45, 2.75) is 0 Å². The molecule has 37 heavy (non-hydrogen) atoms. The van der Waals surface area contributed by atoms with Gasteiger partial charge in [-0.1, -0.05) is 97.1 Å². The van der Waals surface area contributed by atoms with Crippen molar-refractivity contribution in [3.05, 3.63) is 121 Å². The van der Waals surface area contributed by atoms with Gasteiger partial charge < -0.3 is 14.2 Å². The van der Waals surface area contributed by atoms with Gasteiger partial charge in [-0.15, -0.1) is 0 Å². The van der Waals surface area contributed by atoms with Crippen LogP contribution < -0.4 is 5.46 Å². The second-order valence-electron chi connectivity index (χ2n) is 9.38. The molecule has 0 spiro atoms. The molecule has 0 saturated carbocycles. The van der Waals surface area contributed by atoms with Gasteiger partial charge >= 0.3 is 7.12 Å². The standard InChI is InChI=1S/C33H24BNO2/c1-37-34(36)33-29-15-5-3-11-25(29)24-10-2-4-14-28(24)32(33)22-18-20-23(21-19-22)35-30-16-8-6-12-26(30)27-13-7-9-17-31(27)35/h2-21,36H,1H3. The van der Waals surface area contributed by atoms with Crippen molar-refractivity contribution < 1.29 is 9.68 Å². The summed E-state index contributed by atoms with van der Waals surface area (Å²) >= 11 is 0. The largest absolute Gasteiger partial charge is 0.492 e. The summed E-state index contributed by atoms with van der Waals surface area (Å²) in [5.74, 6) is 0. The topological polar surface area (TPSA) is 34.4 Å². The van der Waals surface area contributed by atoms with Crippen LogP contribution in [-0.4, -0.2) is 23.8 Å². The zero-order valence-corrected chi connectivity index (χ0v) is 20.4. The first-order valence-corrected chi connectivity index (χ1v) is 12.5. The minimum atomic E-state index is -1.04. The Hall–Kier alpha value is -4.38. The molecule has 0 aliphatic carbocycles. The van der Waals surface area contributed by atoms with E-state index >= 15 is 0 Å². The average Bonchev–Trinajstić information content (AvgIpc) is 3.30. The predicted molar refractivity (Wildman–Crippen MR) is 156 cm³/mol. The number of hydrogen-bond donors (Lipinski definition) is 1. The van der Waals surface area contributed by atoms with Crippen molar-refractivity contribution in [3.8, 4) is 16.8 Å². The van der Waals surface area contributed by atoms with Crippen LogP contribution in [0, 0.1) is 0 Å². The minimum absolute atomic E-state index is 0.793. The quantitative estimate of drug-likeness (QED) is 0.217. The molecule has 3 nitrogen and oxygen atoms in total. The molecule has 1 aromatic heterocycles. The number of para-hydroxylation sites is 2. The lowest BCUT2D eigenvalue weighted by Gasteiger charge is -2.19. The van der Waals surface area contributed by atoms with Gasteiger partial charge in [0.05, 0.1) is 11.0 Å². The Morgan fingerprint density at radius 2 is 1.00 bits per heavy atom. The molecular weight excluding hydrogens is 453 g/mol. The van der Waals surface area contributed by atoms with E-state index in [0.29, 0.717) is 0 Å². The number of fused-ring (bicyclic) bond motifs is 6. The zero-order chi connectivity index (χ0) is 24.9. The number of aromatic nitrogens is 1. The van der Waals surface area contributed by atoms with E-state index in [2.05, 4.69) is 114 Å². The summed E-state index contributed by atoms with van der Waals surface area (Å²) in [4.78, 5) is 0. The molecule has 1 N–H and O–H groups in total. The van der Waals surface area contributed by atoms with Gasteiger partial charge in [-0.2, -0.15) is 0 Å². The van der Waals surface area contributed by atoms with Crippen LogP contribution in [0.1, 0.15) is 0 Å². The maximum absolute atomic E-state index is 11.0. The Kier molecular flexibility index (Phi) is 5.10. The molecule has 0 radical (unpaired) electrons. The molecule has 1 heterocycles. The molecule has 0 aliphatic heterocycles. The third kappa shape index (κ3) is 3.31. The van der Waals surface area contributed by atoms with Crippen LogP contribution in [0.15, 0.2) is 121 Å². The summed E-state index contributed by atoms with van der Waals surface area (Å²) < 4.78 is 7.80. The van der Waals surface area contributed by atoms with Gasteiger partial charge in [-0.05, 0) is 62.4 Å². The van der Waals surface area contributed by atoms with Crippen LogP contribution in [0.25, 0.3) is 60.2 Å². The van der Waals surface area contributed by atoms with Crippen molar-refractivity contribution in [2.75, 3.05) is 7.11 Å². The summed E-state index contributed by atoms with van der Waals surface area (Å²) in [6.45, 7) is 0. The Labute approximate surface area is 215 Å². The lowest BCUT2D eigenvalue weighted by atomic mass is 9.70. The zero-order valence-electron chi connectivity index (χ0n) is 20.4. The smallest absolute Gasteiger partial charge is 0.423 e. The van der Waals surface area contributed by atoms with Gasteiger partial charge in [0.1, 0.15) is 0 Å². The second kappa shape index (κ2) is 8.63. The Bertz CT molecular complexity index is 1890. The van der Waals surface area contributed by atoms with Gasteiger partial charge in [0.25, 0.3) is 0 Å². The highest BCUT2D eigenvalue weighted by atomic mass is 16.5. The molecule has 0 bridgehead atoms. The Morgan fingerprint density at radius 3 is 1.57 bits per heavy atom. The maximum atomic E-state index is 11.0. The van der Waals surface area contributed by atoms with Crippen LogP contribution in [-0.2, 0) is 4.65 Å². The number of benzene rings is 6. The van der Waals surface area contributed by atoms with Gasteiger partial charge in [-0.25, -0.2) is 0 Å². The molecule has 0 atom stereocenters. The molecule has 0 saturated heterocycles. The molecule has 0 unspecified atom stereocenters. The maximum Gasteiger partial charge on any atom is 0.492 e. The summed E-state index contributed by atoms with van der Waals surface area (Å²) in [5.41, 5.74) is 6.29. The van der Waals surface area contributed by atoms with E-state index in [9.17, 15) is 5.02 Å². The average molecular weight is 477 g/mol. The van der Waals surface area contributed by atoms with Crippen molar-refractivity contribution in [1.29, 1.82) is 0 Å². The minimum Gasteiger partial charge on any atom is -0.423 e. The van der Waals surface area contributed by atoms with Gasteiger partial charge in [0, 0.05) is 23.6 Å². The van der Waals surface area contributed by atoms with E-state index < -0.39 is 7.12 Å². The summed E-state index contributed by atoms with van der Waals surface area (Å²) in [6, 6.07) is 42.3. The second-order valence-corrected chi connectivity index (χ2v) is 9.38. The summed E-state index contributed by atoms with van der Waals surface area (Å²) in [6.07, 6.45) is 0. The lowest BCUT2D eigenvalue weighted by molar-refractivity contribution is 0.342. The molecule has 7 rings (SSSR count). The number of hydrogen-bond acceptors (Lipinski definition) is 2. The van der Waals surface area contributed by atoms with Crippen molar-refractivity contribution >= 4 is 55.9 Å². The molecule has 0 amide bonds. The van der Waals surface area contributed by atoms with Crippen molar-refractivity contribution in [2.24, 2.45) is 0 Å². The molecular formula is C33H24BNO2. The van der Waals surface area contributed by atoms with Crippen LogP contribution in [0.4, 0.5) is 0 Å². The molecule has 0 fully saturated rings. The van der Waals surface area contributed by atoms with Crippen LogP contribution in [0.3, 0.4) is 0 Å². The molecule has 7 aromatic rings. The fraction of sp³-hybridized carbons (Fsp3) is 0.0303. The van der Waals surface area contributed by atoms with Crippen molar-refractivity contribution in [1.82, 2.24) is 4.57 Å². The summed E-state index contributed by atoms with van der Waals surface area (Å²) in [5, 5.41) is 17.9. The summed E-state index contributed by atoms with van der Waals surface area (Å²) in [7, 11) is 0.505. The van der Waals surface area contributed by atoms with Gasteiger partial charge in [-0.3, -0.25) is 0 Å².